The molecule has 1 aromatic heterocycles. The van der Waals surface area contributed by atoms with Gasteiger partial charge in [0.2, 0.25) is 5.91 Å². The number of thiazole rings is 1. The Bertz CT molecular complexity index is 698. The fourth-order valence-electron chi connectivity index (χ4n) is 2.88. The molecule has 1 atom stereocenters. The van der Waals surface area contributed by atoms with E-state index in [0.717, 1.165) is 36.6 Å². The lowest BCUT2D eigenvalue weighted by molar-refractivity contribution is -0.142. The summed E-state index contributed by atoms with van der Waals surface area (Å²) in [5.41, 5.74) is 1.02. The lowest BCUT2D eigenvalue weighted by Gasteiger charge is -2.32. The highest BCUT2D eigenvalue weighted by molar-refractivity contribution is 7.22. The molecular formula is C17H21N3O3S. The Morgan fingerprint density at radius 3 is 3.00 bits per heavy atom. The topological polar surface area (TPSA) is 71.5 Å². The SMILES string of the molecule is COC(=O)CCC(=O)N[C@@H]1CCCN(c2nc3ccccc3s2)C1. The summed E-state index contributed by atoms with van der Waals surface area (Å²) in [6.45, 7) is 1.71. The monoisotopic (exact) mass is 347 g/mol. The first-order chi connectivity index (χ1) is 11.7. The second kappa shape index (κ2) is 7.61. The molecule has 0 radical (unpaired) electrons. The first-order valence-electron chi connectivity index (χ1n) is 8.12. The summed E-state index contributed by atoms with van der Waals surface area (Å²) >= 11 is 1.68. The van der Waals surface area contributed by atoms with E-state index in [-0.39, 0.29) is 30.8 Å². The molecule has 1 amide bonds. The van der Waals surface area contributed by atoms with Crippen LogP contribution in [0.2, 0.25) is 0 Å². The van der Waals surface area contributed by atoms with E-state index in [2.05, 4.69) is 21.0 Å². The summed E-state index contributed by atoms with van der Waals surface area (Å²) in [6, 6.07) is 8.20. The van der Waals surface area contributed by atoms with Gasteiger partial charge < -0.3 is 15.0 Å². The van der Waals surface area contributed by atoms with Crippen molar-refractivity contribution in [2.24, 2.45) is 0 Å². The maximum Gasteiger partial charge on any atom is 0.306 e. The molecule has 24 heavy (non-hydrogen) atoms. The van der Waals surface area contributed by atoms with Crippen LogP contribution in [-0.4, -0.2) is 43.1 Å². The van der Waals surface area contributed by atoms with E-state index in [9.17, 15) is 9.59 Å². The number of rotatable bonds is 5. The average Bonchev–Trinajstić information content (AvgIpc) is 3.04. The number of hydrogen-bond donors (Lipinski definition) is 1. The second-order valence-electron chi connectivity index (χ2n) is 5.89. The minimum atomic E-state index is -0.357. The smallest absolute Gasteiger partial charge is 0.306 e. The molecule has 128 valence electrons. The van der Waals surface area contributed by atoms with E-state index in [4.69, 9.17) is 4.98 Å². The van der Waals surface area contributed by atoms with Crippen LogP contribution in [0.4, 0.5) is 5.13 Å². The first kappa shape index (κ1) is 16.7. The quantitative estimate of drug-likeness (QED) is 0.841. The molecule has 2 heterocycles. The van der Waals surface area contributed by atoms with Crippen LogP contribution in [0.25, 0.3) is 10.2 Å². The van der Waals surface area contributed by atoms with Gasteiger partial charge in [0.1, 0.15) is 0 Å². The third-order valence-corrected chi connectivity index (χ3v) is 5.22. The van der Waals surface area contributed by atoms with Crippen molar-refractivity contribution in [2.75, 3.05) is 25.1 Å². The molecule has 6 nitrogen and oxygen atoms in total. The van der Waals surface area contributed by atoms with Gasteiger partial charge in [-0.2, -0.15) is 0 Å². The predicted octanol–water partition coefficient (Wildman–Crippen LogP) is 2.33. The third-order valence-electron chi connectivity index (χ3n) is 4.12. The third kappa shape index (κ3) is 4.03. The molecule has 3 rings (SSSR count). The molecule has 1 saturated heterocycles. The van der Waals surface area contributed by atoms with Gasteiger partial charge in [-0.3, -0.25) is 9.59 Å². The van der Waals surface area contributed by atoms with Crippen molar-refractivity contribution < 1.29 is 14.3 Å². The second-order valence-corrected chi connectivity index (χ2v) is 6.90. The molecule has 1 aliphatic rings. The highest BCUT2D eigenvalue weighted by atomic mass is 32.1. The van der Waals surface area contributed by atoms with Crippen LogP contribution in [0.3, 0.4) is 0 Å². The molecule has 2 aromatic rings. The van der Waals surface area contributed by atoms with Crippen LogP contribution in [0.1, 0.15) is 25.7 Å². The highest BCUT2D eigenvalue weighted by Gasteiger charge is 2.23. The van der Waals surface area contributed by atoms with Crippen molar-refractivity contribution in [3.63, 3.8) is 0 Å². The average molecular weight is 347 g/mol. The lowest BCUT2D eigenvalue weighted by Crippen LogP contribution is -2.47. The highest BCUT2D eigenvalue weighted by Crippen LogP contribution is 2.30. The number of anilines is 1. The number of ether oxygens (including phenoxy) is 1. The molecule has 1 fully saturated rings. The Hall–Kier alpha value is -2.15. The molecule has 7 heteroatoms. The van der Waals surface area contributed by atoms with Crippen molar-refractivity contribution in [1.29, 1.82) is 0 Å². The van der Waals surface area contributed by atoms with Gasteiger partial charge >= 0.3 is 5.97 Å². The number of nitrogens with zero attached hydrogens (tertiary/aromatic N) is 2. The normalized spacial score (nSPS) is 17.7. The lowest BCUT2D eigenvalue weighted by atomic mass is 10.1. The summed E-state index contributed by atoms with van der Waals surface area (Å²) < 4.78 is 5.74. The number of hydrogen-bond acceptors (Lipinski definition) is 6. The zero-order chi connectivity index (χ0) is 16.9. The Kier molecular flexibility index (Phi) is 5.30. The van der Waals surface area contributed by atoms with Crippen LogP contribution in [-0.2, 0) is 14.3 Å². The molecule has 0 aliphatic carbocycles. The predicted molar refractivity (Wildman–Crippen MR) is 94.2 cm³/mol. The number of para-hydroxylation sites is 1. The summed E-state index contributed by atoms with van der Waals surface area (Å²) in [5.74, 6) is -0.457. The Morgan fingerprint density at radius 2 is 2.21 bits per heavy atom. The van der Waals surface area contributed by atoms with Crippen molar-refractivity contribution in [2.45, 2.75) is 31.7 Å². The minimum Gasteiger partial charge on any atom is -0.469 e. The summed E-state index contributed by atoms with van der Waals surface area (Å²) in [7, 11) is 1.33. The Balaban J connectivity index is 1.58. The van der Waals surface area contributed by atoms with Gasteiger partial charge in [-0.1, -0.05) is 23.5 Å². The number of piperidine rings is 1. The van der Waals surface area contributed by atoms with E-state index in [1.54, 1.807) is 11.3 Å². The van der Waals surface area contributed by atoms with Crippen LogP contribution in [0.5, 0.6) is 0 Å². The van der Waals surface area contributed by atoms with Crippen molar-refractivity contribution in [3.8, 4) is 0 Å². The van der Waals surface area contributed by atoms with Crippen LogP contribution < -0.4 is 10.2 Å². The fraction of sp³-hybridized carbons (Fsp3) is 0.471. The Labute approximate surface area is 144 Å². The van der Waals surface area contributed by atoms with Gasteiger partial charge in [-0.25, -0.2) is 4.98 Å². The van der Waals surface area contributed by atoms with Gasteiger partial charge in [0.05, 0.1) is 23.7 Å². The van der Waals surface area contributed by atoms with E-state index in [0.29, 0.717) is 0 Å². The van der Waals surface area contributed by atoms with Crippen LogP contribution in [0.15, 0.2) is 24.3 Å². The molecule has 0 saturated carbocycles. The number of methoxy groups -OCH3 is 1. The molecule has 0 spiro atoms. The van der Waals surface area contributed by atoms with Crippen molar-refractivity contribution in [3.05, 3.63) is 24.3 Å². The van der Waals surface area contributed by atoms with Gasteiger partial charge in [-0.15, -0.1) is 0 Å². The van der Waals surface area contributed by atoms with Gasteiger partial charge in [0.15, 0.2) is 5.13 Å². The van der Waals surface area contributed by atoms with E-state index in [1.165, 1.54) is 11.8 Å². The Morgan fingerprint density at radius 1 is 1.38 bits per heavy atom. The molecule has 1 aromatic carbocycles. The van der Waals surface area contributed by atoms with Crippen molar-refractivity contribution >= 4 is 38.6 Å². The maximum absolute atomic E-state index is 12.0. The number of esters is 1. The summed E-state index contributed by atoms with van der Waals surface area (Å²) in [5, 5.41) is 4.02. The fourth-order valence-corrected chi connectivity index (χ4v) is 3.88. The number of amides is 1. The molecule has 1 aliphatic heterocycles. The zero-order valence-corrected chi connectivity index (χ0v) is 14.5. The zero-order valence-electron chi connectivity index (χ0n) is 13.7. The molecule has 0 bridgehead atoms. The van der Waals surface area contributed by atoms with Crippen LogP contribution in [0, 0.1) is 0 Å². The summed E-state index contributed by atoms with van der Waals surface area (Å²) in [6.07, 6.45) is 2.25. The molecule has 0 unspecified atom stereocenters. The number of carbonyl (C=O) groups excluding carboxylic acids is 2. The molecular weight excluding hydrogens is 326 g/mol. The largest absolute Gasteiger partial charge is 0.469 e. The van der Waals surface area contributed by atoms with E-state index < -0.39 is 0 Å². The maximum atomic E-state index is 12.0. The van der Waals surface area contributed by atoms with Crippen LogP contribution >= 0.6 is 11.3 Å². The number of carbonyl (C=O) groups is 2. The van der Waals surface area contributed by atoms with Gasteiger partial charge in [0, 0.05) is 25.6 Å². The summed E-state index contributed by atoms with van der Waals surface area (Å²) in [4.78, 5) is 30.0. The van der Waals surface area contributed by atoms with E-state index >= 15 is 0 Å². The first-order valence-corrected chi connectivity index (χ1v) is 8.94. The number of benzene rings is 1. The van der Waals surface area contributed by atoms with E-state index in [1.807, 2.05) is 18.2 Å². The number of nitrogens with one attached hydrogen (secondary N) is 1. The van der Waals surface area contributed by atoms with Gasteiger partial charge in [0.25, 0.3) is 0 Å². The number of aromatic nitrogens is 1. The standard InChI is InChI=1S/C17H21N3O3S/c1-23-16(22)9-8-15(21)18-12-5-4-10-20(11-12)17-19-13-6-2-3-7-14(13)24-17/h2-3,6-7,12H,4-5,8-11H2,1H3,(H,18,21)/t12-/m1/s1. The molecule has 1 N–H and O–H groups in total. The minimum absolute atomic E-state index is 0.0934. The van der Waals surface area contributed by atoms with Gasteiger partial charge in [-0.05, 0) is 25.0 Å². The van der Waals surface area contributed by atoms with Crippen molar-refractivity contribution in [1.82, 2.24) is 10.3 Å². The number of fused-ring (bicyclic) bond motifs is 1.